The van der Waals surface area contributed by atoms with Gasteiger partial charge in [-0.1, -0.05) is 17.7 Å². The number of nitrogens with zero attached hydrogens (tertiary/aromatic N) is 2. The van der Waals surface area contributed by atoms with E-state index in [1.807, 2.05) is 0 Å². The number of anilines is 1. The average Bonchev–Trinajstić information content (AvgIpc) is 3.15. The molecule has 4 rings (SSSR count). The van der Waals surface area contributed by atoms with Gasteiger partial charge < -0.3 is 9.67 Å². The summed E-state index contributed by atoms with van der Waals surface area (Å²) < 4.78 is 1.62. The van der Waals surface area contributed by atoms with E-state index in [1.165, 1.54) is 30.3 Å². The molecule has 2 aromatic carbocycles. The number of carbonyl (C=O) groups excluding carboxylic acids is 3. The van der Waals surface area contributed by atoms with Crippen LogP contribution in [0.3, 0.4) is 0 Å². The molecular weight excluding hydrogens is 422 g/mol. The molecule has 1 aliphatic rings. The van der Waals surface area contributed by atoms with E-state index in [2.05, 4.69) is 5.32 Å². The number of carboxylic acid groups (broad SMARTS) is 1. The molecule has 3 aromatic rings. The molecule has 0 unspecified atom stereocenters. The lowest BCUT2D eigenvalue weighted by molar-refractivity contribution is -0.140. The molecule has 8 nitrogen and oxygen atoms in total. The number of benzene rings is 2. The Hall–Kier alpha value is -3.91. The summed E-state index contributed by atoms with van der Waals surface area (Å²) >= 11 is 5.86. The number of imide groups is 2. The highest BCUT2D eigenvalue weighted by Gasteiger charge is 2.36. The molecule has 0 spiro atoms. The Labute approximate surface area is 181 Å². The van der Waals surface area contributed by atoms with Crippen LogP contribution in [0.4, 0.5) is 10.5 Å². The number of amides is 4. The van der Waals surface area contributed by atoms with Crippen LogP contribution < -0.4 is 10.2 Å². The molecule has 1 aromatic heterocycles. The number of urea groups is 1. The quantitative estimate of drug-likeness (QED) is 0.478. The third-order valence-corrected chi connectivity index (χ3v) is 5.27. The van der Waals surface area contributed by atoms with E-state index in [1.54, 1.807) is 42.0 Å². The smallest absolute Gasteiger partial charge is 0.335 e. The zero-order valence-corrected chi connectivity index (χ0v) is 17.0. The van der Waals surface area contributed by atoms with Crippen LogP contribution in [0, 0.1) is 0 Å². The maximum Gasteiger partial charge on any atom is 0.335 e. The van der Waals surface area contributed by atoms with Crippen LogP contribution in [0.5, 0.6) is 0 Å². The van der Waals surface area contributed by atoms with Crippen molar-refractivity contribution in [2.75, 3.05) is 4.90 Å². The van der Waals surface area contributed by atoms with Crippen LogP contribution in [-0.4, -0.2) is 33.5 Å². The van der Waals surface area contributed by atoms with Gasteiger partial charge in [-0.2, -0.15) is 0 Å². The van der Waals surface area contributed by atoms with Crippen LogP contribution >= 0.6 is 11.6 Å². The van der Waals surface area contributed by atoms with Crippen molar-refractivity contribution >= 4 is 58.1 Å². The van der Waals surface area contributed by atoms with E-state index in [0.29, 0.717) is 16.1 Å². The normalized spacial score (nSPS) is 16.6. The second-order valence-corrected chi connectivity index (χ2v) is 7.43. The van der Waals surface area contributed by atoms with Gasteiger partial charge in [-0.05, 0) is 61.0 Å². The highest BCUT2D eigenvalue weighted by atomic mass is 35.5. The number of aromatic nitrogens is 1. The topological polar surface area (TPSA) is 109 Å². The third kappa shape index (κ3) is 3.69. The minimum Gasteiger partial charge on any atom is -0.480 e. The number of aliphatic carboxylic acids is 1. The number of nitrogens with one attached hydrogen (secondary N) is 1. The number of carboxylic acids is 1. The highest BCUT2D eigenvalue weighted by Crippen LogP contribution is 2.26. The molecule has 9 heteroatoms. The first-order chi connectivity index (χ1) is 14.8. The minimum absolute atomic E-state index is 0.202. The summed E-state index contributed by atoms with van der Waals surface area (Å²) in [6, 6.07) is 11.4. The number of fused-ring (bicyclic) bond motifs is 1. The van der Waals surface area contributed by atoms with Crippen LogP contribution in [0.25, 0.3) is 17.0 Å². The van der Waals surface area contributed by atoms with Gasteiger partial charge in [-0.15, -0.1) is 0 Å². The van der Waals surface area contributed by atoms with Crippen molar-refractivity contribution in [1.82, 2.24) is 9.88 Å². The van der Waals surface area contributed by atoms with Gasteiger partial charge in [-0.3, -0.25) is 14.9 Å². The van der Waals surface area contributed by atoms with Crippen molar-refractivity contribution in [3.8, 4) is 0 Å². The standard InChI is InChI=1S/C22H16ClN3O5/c1-12(21(29)30)25-9-8-14-10-13(2-7-18(14)25)11-17-19(27)24-22(31)26(20(17)28)16-5-3-15(23)4-6-16/h2-12H,1H3,(H,29,30)(H,24,27,31)/b17-11+/t12-/m1/s1. The zero-order valence-electron chi connectivity index (χ0n) is 16.2. The maximum atomic E-state index is 12.9. The largest absolute Gasteiger partial charge is 0.480 e. The molecule has 2 heterocycles. The number of barbiturate groups is 1. The van der Waals surface area contributed by atoms with Crippen LogP contribution in [0.2, 0.25) is 5.02 Å². The fourth-order valence-electron chi connectivity index (χ4n) is 3.38. The van der Waals surface area contributed by atoms with E-state index in [-0.39, 0.29) is 11.3 Å². The second kappa shape index (κ2) is 7.73. The lowest BCUT2D eigenvalue weighted by Crippen LogP contribution is -2.54. The van der Waals surface area contributed by atoms with Crippen molar-refractivity contribution in [1.29, 1.82) is 0 Å². The molecule has 2 N–H and O–H groups in total. The molecule has 156 valence electrons. The van der Waals surface area contributed by atoms with Crippen LogP contribution in [0.1, 0.15) is 18.5 Å². The SMILES string of the molecule is C[C@H](C(=O)O)n1ccc2cc(/C=C3\C(=O)NC(=O)N(c4ccc(Cl)cc4)C3=O)ccc21. The van der Waals surface area contributed by atoms with Gasteiger partial charge in [0.1, 0.15) is 11.6 Å². The molecule has 0 saturated carbocycles. The van der Waals surface area contributed by atoms with Gasteiger partial charge in [0.25, 0.3) is 11.8 Å². The summed E-state index contributed by atoms with van der Waals surface area (Å²) in [7, 11) is 0. The van der Waals surface area contributed by atoms with Gasteiger partial charge in [0, 0.05) is 22.1 Å². The van der Waals surface area contributed by atoms with E-state index >= 15 is 0 Å². The second-order valence-electron chi connectivity index (χ2n) is 6.99. The number of rotatable bonds is 4. The Morgan fingerprint density at radius 3 is 2.48 bits per heavy atom. The van der Waals surface area contributed by atoms with Crippen LogP contribution in [-0.2, 0) is 14.4 Å². The van der Waals surface area contributed by atoms with Crippen molar-refractivity contribution in [3.05, 3.63) is 70.9 Å². The Morgan fingerprint density at radius 2 is 1.81 bits per heavy atom. The molecule has 1 aliphatic heterocycles. The molecule has 0 aliphatic carbocycles. The fraction of sp³-hybridized carbons (Fsp3) is 0.0909. The van der Waals surface area contributed by atoms with Gasteiger partial charge in [0.05, 0.1) is 5.69 Å². The lowest BCUT2D eigenvalue weighted by Gasteiger charge is -2.26. The van der Waals surface area contributed by atoms with Crippen molar-refractivity contribution in [3.63, 3.8) is 0 Å². The van der Waals surface area contributed by atoms with E-state index < -0.39 is 29.9 Å². The molecule has 1 fully saturated rings. The summed E-state index contributed by atoms with van der Waals surface area (Å²) in [6.07, 6.45) is 3.06. The fourth-order valence-corrected chi connectivity index (χ4v) is 3.50. The van der Waals surface area contributed by atoms with Crippen LogP contribution in [0.15, 0.2) is 60.3 Å². The summed E-state index contributed by atoms with van der Waals surface area (Å²) in [4.78, 5) is 49.7. The molecule has 31 heavy (non-hydrogen) atoms. The number of hydrogen-bond acceptors (Lipinski definition) is 4. The van der Waals surface area contributed by atoms with Crippen molar-refractivity contribution in [2.45, 2.75) is 13.0 Å². The number of halogens is 1. The van der Waals surface area contributed by atoms with E-state index in [4.69, 9.17) is 11.6 Å². The molecule has 0 radical (unpaired) electrons. The summed E-state index contributed by atoms with van der Waals surface area (Å²) in [6.45, 7) is 1.57. The van der Waals surface area contributed by atoms with E-state index in [9.17, 15) is 24.3 Å². The minimum atomic E-state index is -0.958. The monoisotopic (exact) mass is 437 g/mol. The Kier molecular flexibility index (Phi) is 5.08. The Morgan fingerprint density at radius 1 is 1.10 bits per heavy atom. The molecule has 1 atom stereocenters. The van der Waals surface area contributed by atoms with Gasteiger partial charge >= 0.3 is 12.0 Å². The third-order valence-electron chi connectivity index (χ3n) is 5.02. The maximum absolute atomic E-state index is 12.9. The Bertz CT molecular complexity index is 1280. The Balaban J connectivity index is 1.71. The summed E-state index contributed by atoms with van der Waals surface area (Å²) in [5.74, 6) is -2.51. The van der Waals surface area contributed by atoms with Crippen molar-refractivity contribution < 1.29 is 24.3 Å². The van der Waals surface area contributed by atoms with Gasteiger partial charge in [-0.25, -0.2) is 14.5 Å². The summed E-state index contributed by atoms with van der Waals surface area (Å²) in [5, 5.41) is 12.6. The first-order valence-electron chi connectivity index (χ1n) is 9.26. The predicted octanol–water partition coefficient (Wildman–Crippen LogP) is 3.61. The zero-order chi connectivity index (χ0) is 22.3. The van der Waals surface area contributed by atoms with Crippen molar-refractivity contribution in [2.24, 2.45) is 0 Å². The molecule has 1 saturated heterocycles. The molecule has 4 amide bonds. The van der Waals surface area contributed by atoms with Gasteiger partial charge in [0.15, 0.2) is 0 Å². The summed E-state index contributed by atoms with van der Waals surface area (Å²) in [5.41, 5.74) is 1.33. The number of hydrogen-bond donors (Lipinski definition) is 2. The highest BCUT2D eigenvalue weighted by molar-refractivity contribution is 6.39. The first-order valence-corrected chi connectivity index (χ1v) is 9.64. The average molecular weight is 438 g/mol. The molecular formula is C22H16ClN3O5. The number of carbonyl (C=O) groups is 4. The predicted molar refractivity (Wildman–Crippen MR) is 115 cm³/mol. The first kappa shape index (κ1) is 20.4. The van der Waals surface area contributed by atoms with E-state index in [0.717, 1.165) is 10.3 Å². The lowest BCUT2D eigenvalue weighted by atomic mass is 10.1. The molecule has 0 bridgehead atoms. The van der Waals surface area contributed by atoms with Gasteiger partial charge in [0.2, 0.25) is 0 Å².